The standard InChI is InChI=1S/C3H6O4S.CH4/c1-3(4)2-8(5,6)7;/h2H2,1H3,(H,5,6,7);1H4. The van der Waals surface area contributed by atoms with E-state index in [2.05, 4.69) is 0 Å². The molecule has 0 atom stereocenters. The average Bonchev–Trinajstić information content (AvgIpc) is 1.21. The van der Waals surface area contributed by atoms with Crippen LogP contribution < -0.4 is 0 Å². The van der Waals surface area contributed by atoms with Gasteiger partial charge in [-0.05, 0) is 6.92 Å². The Labute approximate surface area is 54.6 Å². The molecule has 0 aromatic rings. The Morgan fingerprint density at radius 3 is 1.89 bits per heavy atom. The lowest BCUT2D eigenvalue weighted by Crippen LogP contribution is -2.10. The second-order valence-corrected chi connectivity index (χ2v) is 2.88. The van der Waals surface area contributed by atoms with Gasteiger partial charge in [-0.25, -0.2) is 0 Å². The largest absolute Gasteiger partial charge is 0.299 e. The quantitative estimate of drug-likeness (QED) is 0.572. The van der Waals surface area contributed by atoms with E-state index in [0.717, 1.165) is 6.92 Å². The fraction of sp³-hybridized carbons (Fsp3) is 0.750. The lowest BCUT2D eigenvalue weighted by Gasteiger charge is -1.86. The molecule has 1 N–H and O–H groups in total. The molecule has 0 saturated heterocycles. The molecule has 0 heterocycles. The number of carbonyl (C=O) groups excluding carboxylic acids is 1. The Kier molecular flexibility index (Phi) is 4.52. The molecule has 0 aliphatic heterocycles. The van der Waals surface area contributed by atoms with Crippen LogP contribution in [-0.2, 0) is 14.9 Å². The van der Waals surface area contributed by atoms with Crippen LogP contribution in [0.25, 0.3) is 0 Å². The smallest absolute Gasteiger partial charge is 0.272 e. The molecule has 0 unspecified atom stereocenters. The summed E-state index contributed by atoms with van der Waals surface area (Å²) in [6.45, 7) is 1.09. The third-order valence-electron chi connectivity index (χ3n) is 0.386. The zero-order valence-corrected chi connectivity index (χ0v) is 5.10. The minimum absolute atomic E-state index is 0. The molecule has 0 rings (SSSR count). The minimum atomic E-state index is -4.07. The van der Waals surface area contributed by atoms with E-state index in [9.17, 15) is 13.2 Å². The van der Waals surface area contributed by atoms with Gasteiger partial charge in [-0.3, -0.25) is 9.35 Å². The van der Waals surface area contributed by atoms with E-state index >= 15 is 0 Å². The molecule has 4 nitrogen and oxygen atoms in total. The highest BCUT2D eigenvalue weighted by Gasteiger charge is 2.06. The van der Waals surface area contributed by atoms with Gasteiger partial charge in [0.15, 0.2) is 0 Å². The highest BCUT2D eigenvalue weighted by molar-refractivity contribution is 7.86. The van der Waals surface area contributed by atoms with Gasteiger partial charge < -0.3 is 0 Å². The van der Waals surface area contributed by atoms with Crippen molar-refractivity contribution in [3.63, 3.8) is 0 Å². The maximum atomic E-state index is 9.92. The van der Waals surface area contributed by atoms with Gasteiger partial charge in [0.05, 0.1) is 0 Å². The molecule has 0 bridgehead atoms. The van der Waals surface area contributed by atoms with Crippen molar-refractivity contribution in [2.24, 2.45) is 0 Å². The first kappa shape index (κ1) is 11.4. The van der Waals surface area contributed by atoms with Crippen LogP contribution in [0, 0.1) is 0 Å². The predicted octanol–water partition coefficient (Wildman–Crippen LogP) is 0.0993. The lowest BCUT2D eigenvalue weighted by atomic mass is 10.5. The third kappa shape index (κ3) is 11.3. The molecule has 9 heavy (non-hydrogen) atoms. The molecule has 56 valence electrons. The van der Waals surface area contributed by atoms with E-state index in [4.69, 9.17) is 4.55 Å². The van der Waals surface area contributed by atoms with E-state index in [1.165, 1.54) is 0 Å². The Bertz CT molecular complexity index is 179. The fourth-order valence-electron chi connectivity index (χ4n) is 0.257. The average molecular weight is 154 g/mol. The van der Waals surface area contributed by atoms with E-state index in [1.807, 2.05) is 0 Å². The minimum Gasteiger partial charge on any atom is -0.299 e. The summed E-state index contributed by atoms with van der Waals surface area (Å²) in [7, 11) is -4.07. The van der Waals surface area contributed by atoms with Crippen molar-refractivity contribution < 1.29 is 17.8 Å². The molecule has 0 aliphatic rings. The summed E-state index contributed by atoms with van der Waals surface area (Å²) in [6.07, 6.45) is 0. The van der Waals surface area contributed by atoms with Gasteiger partial charge in [0, 0.05) is 0 Å². The summed E-state index contributed by atoms with van der Waals surface area (Å²) in [6, 6.07) is 0. The molecule has 5 heteroatoms. The van der Waals surface area contributed by atoms with E-state index in [-0.39, 0.29) is 7.43 Å². The molecule has 0 fully saturated rings. The molecule has 0 aliphatic carbocycles. The zero-order valence-electron chi connectivity index (χ0n) is 4.29. The Morgan fingerprint density at radius 1 is 1.56 bits per heavy atom. The van der Waals surface area contributed by atoms with E-state index in [1.54, 1.807) is 0 Å². The number of carbonyl (C=O) groups is 1. The second kappa shape index (κ2) is 3.58. The highest BCUT2D eigenvalue weighted by Crippen LogP contribution is 1.80. The molecular weight excluding hydrogens is 144 g/mol. The summed E-state index contributed by atoms with van der Waals surface area (Å²) >= 11 is 0. The van der Waals surface area contributed by atoms with Crippen molar-refractivity contribution in [2.75, 3.05) is 5.75 Å². The van der Waals surface area contributed by atoms with Crippen molar-refractivity contribution in [1.82, 2.24) is 0 Å². The number of Topliss-reactive ketones (excluding diaryl/α,β-unsaturated/α-hetero) is 1. The molecule has 0 aromatic carbocycles. The van der Waals surface area contributed by atoms with Crippen molar-refractivity contribution in [3.05, 3.63) is 0 Å². The highest BCUT2D eigenvalue weighted by atomic mass is 32.2. The SMILES string of the molecule is C.CC(=O)CS(=O)(=O)O. The normalized spacial score (nSPS) is 10.0. The van der Waals surface area contributed by atoms with E-state index in [0.29, 0.717) is 0 Å². The first-order valence-corrected chi connectivity index (χ1v) is 3.47. The predicted molar refractivity (Wildman–Crippen MR) is 33.8 cm³/mol. The maximum Gasteiger partial charge on any atom is 0.272 e. The van der Waals surface area contributed by atoms with Crippen molar-refractivity contribution >= 4 is 15.9 Å². The first-order chi connectivity index (χ1) is 3.42. The third-order valence-corrected chi connectivity index (χ3v) is 1.16. The van der Waals surface area contributed by atoms with Gasteiger partial charge >= 0.3 is 0 Å². The van der Waals surface area contributed by atoms with Crippen LogP contribution in [0.15, 0.2) is 0 Å². The summed E-state index contributed by atoms with van der Waals surface area (Å²) in [5.41, 5.74) is 0. The van der Waals surface area contributed by atoms with Crippen molar-refractivity contribution in [2.45, 2.75) is 14.4 Å². The molecular formula is C4H10O4S. The summed E-state index contributed by atoms with van der Waals surface area (Å²) in [5, 5.41) is 0. The molecule has 0 saturated carbocycles. The van der Waals surface area contributed by atoms with Gasteiger partial charge in [0.2, 0.25) is 0 Å². The molecule has 0 spiro atoms. The monoisotopic (exact) mass is 154 g/mol. The number of hydrogen-bond donors (Lipinski definition) is 1. The van der Waals surface area contributed by atoms with Gasteiger partial charge in [-0.2, -0.15) is 8.42 Å². The molecule has 0 aromatic heterocycles. The molecule has 0 amide bonds. The van der Waals surface area contributed by atoms with Crippen molar-refractivity contribution in [3.8, 4) is 0 Å². The summed E-state index contributed by atoms with van der Waals surface area (Å²) in [5.74, 6) is -1.35. The second-order valence-electron chi connectivity index (χ2n) is 1.43. The Morgan fingerprint density at radius 2 is 1.89 bits per heavy atom. The fourth-order valence-corrected chi connectivity index (χ4v) is 0.771. The van der Waals surface area contributed by atoms with E-state index < -0.39 is 21.7 Å². The lowest BCUT2D eigenvalue weighted by molar-refractivity contribution is -0.114. The topological polar surface area (TPSA) is 71.4 Å². The number of ketones is 1. The van der Waals surface area contributed by atoms with Crippen LogP contribution >= 0.6 is 0 Å². The molecule has 0 radical (unpaired) electrons. The zero-order chi connectivity index (χ0) is 6.78. The Hall–Kier alpha value is -0.420. The van der Waals surface area contributed by atoms with Crippen LogP contribution in [0.5, 0.6) is 0 Å². The van der Waals surface area contributed by atoms with Crippen LogP contribution in [0.4, 0.5) is 0 Å². The maximum absolute atomic E-state index is 9.92. The summed E-state index contributed by atoms with van der Waals surface area (Å²) in [4.78, 5) is 9.92. The van der Waals surface area contributed by atoms with Gasteiger partial charge in [0.1, 0.15) is 11.5 Å². The van der Waals surface area contributed by atoms with Crippen LogP contribution in [-0.4, -0.2) is 24.5 Å². The van der Waals surface area contributed by atoms with Gasteiger partial charge in [-0.15, -0.1) is 0 Å². The van der Waals surface area contributed by atoms with Gasteiger partial charge in [-0.1, -0.05) is 7.43 Å². The summed E-state index contributed by atoms with van der Waals surface area (Å²) < 4.78 is 27.5. The number of hydrogen-bond acceptors (Lipinski definition) is 3. The van der Waals surface area contributed by atoms with Crippen molar-refractivity contribution in [1.29, 1.82) is 0 Å². The first-order valence-electron chi connectivity index (χ1n) is 1.86. The Balaban J connectivity index is 0. The van der Waals surface area contributed by atoms with Gasteiger partial charge in [0.25, 0.3) is 10.1 Å². The van der Waals surface area contributed by atoms with Crippen LogP contribution in [0.2, 0.25) is 0 Å². The van der Waals surface area contributed by atoms with Crippen LogP contribution in [0.3, 0.4) is 0 Å². The number of rotatable bonds is 2. The van der Waals surface area contributed by atoms with Crippen LogP contribution in [0.1, 0.15) is 14.4 Å².